The van der Waals surface area contributed by atoms with E-state index in [1.54, 1.807) is 24.3 Å². The van der Waals surface area contributed by atoms with Crippen LogP contribution in [-0.2, 0) is 19.3 Å². The molecule has 3 aromatic carbocycles. The highest BCUT2D eigenvalue weighted by molar-refractivity contribution is 7.80. The van der Waals surface area contributed by atoms with Crippen LogP contribution in [-0.4, -0.2) is 20.1 Å². The molecule has 0 amide bonds. The topological polar surface area (TPSA) is 98.8 Å². The zero-order valence-electron chi connectivity index (χ0n) is 20.0. The van der Waals surface area contributed by atoms with Gasteiger partial charge in [0.2, 0.25) is 17.8 Å². The molecule has 0 aliphatic rings. The van der Waals surface area contributed by atoms with Gasteiger partial charge in [0.1, 0.15) is 0 Å². The molecule has 0 spiro atoms. The maximum absolute atomic E-state index is 12.8. The third kappa shape index (κ3) is 8.84. The SMILES string of the molecule is FC(F)(F)c1ccc(NC(=S)NNc2nc(NCc3ccc(Cl)cc3)nc(NCc3ccc(Cl)cc3)n2)cc1. The molecule has 0 fully saturated rings. The first kappa shape index (κ1) is 28.1. The molecule has 14 heteroatoms. The van der Waals surface area contributed by atoms with Crippen molar-refractivity contribution in [3.05, 3.63) is 99.5 Å². The maximum Gasteiger partial charge on any atom is 0.416 e. The second-order valence-corrected chi connectivity index (χ2v) is 9.33. The number of rotatable bonds is 9. The molecule has 0 saturated carbocycles. The van der Waals surface area contributed by atoms with Crippen molar-refractivity contribution in [3.63, 3.8) is 0 Å². The minimum atomic E-state index is -4.42. The largest absolute Gasteiger partial charge is 0.416 e. The Morgan fingerprint density at radius 2 is 1.15 bits per heavy atom. The summed E-state index contributed by atoms with van der Waals surface area (Å²) in [5.74, 6) is 0.702. The first-order valence-corrected chi connectivity index (χ1v) is 12.5. The minimum Gasteiger partial charge on any atom is -0.350 e. The van der Waals surface area contributed by atoms with Gasteiger partial charge in [-0.1, -0.05) is 47.5 Å². The van der Waals surface area contributed by atoms with Gasteiger partial charge in [-0.25, -0.2) is 0 Å². The second-order valence-electron chi connectivity index (χ2n) is 8.05. The Morgan fingerprint density at radius 1 is 0.692 bits per heavy atom. The van der Waals surface area contributed by atoms with Crippen molar-refractivity contribution in [2.75, 3.05) is 21.4 Å². The Morgan fingerprint density at radius 3 is 1.62 bits per heavy atom. The molecule has 0 radical (unpaired) electrons. The van der Waals surface area contributed by atoms with Gasteiger partial charge in [-0.3, -0.25) is 10.9 Å². The lowest BCUT2D eigenvalue weighted by Crippen LogP contribution is -2.34. The predicted octanol–water partition coefficient (Wildman–Crippen LogP) is 6.73. The van der Waals surface area contributed by atoms with Gasteiger partial charge in [0.25, 0.3) is 0 Å². The molecule has 0 bridgehead atoms. The molecule has 39 heavy (non-hydrogen) atoms. The molecule has 0 unspecified atom stereocenters. The molecule has 5 N–H and O–H groups in total. The molecule has 202 valence electrons. The Kier molecular flexibility index (Phi) is 9.23. The molecular formula is C25H21Cl2F3N8S. The molecular weight excluding hydrogens is 572 g/mol. The summed E-state index contributed by atoms with van der Waals surface area (Å²) in [6.45, 7) is 0.858. The van der Waals surface area contributed by atoms with Crippen LogP contribution in [0.4, 0.5) is 36.7 Å². The summed E-state index contributed by atoms with van der Waals surface area (Å²) in [6.07, 6.45) is -4.42. The molecule has 0 aliphatic heterocycles. The van der Waals surface area contributed by atoms with E-state index in [0.29, 0.717) is 28.8 Å². The number of benzene rings is 3. The molecule has 1 aromatic heterocycles. The summed E-state index contributed by atoms with van der Waals surface area (Å²) >= 11 is 17.1. The average molecular weight is 593 g/mol. The van der Waals surface area contributed by atoms with Gasteiger partial charge in [-0.15, -0.1) is 0 Å². The van der Waals surface area contributed by atoms with Crippen molar-refractivity contribution in [1.29, 1.82) is 0 Å². The van der Waals surface area contributed by atoms with E-state index in [2.05, 4.69) is 41.8 Å². The summed E-state index contributed by atoms with van der Waals surface area (Å²) in [7, 11) is 0. The highest BCUT2D eigenvalue weighted by Gasteiger charge is 2.29. The van der Waals surface area contributed by atoms with Crippen molar-refractivity contribution in [2.24, 2.45) is 0 Å². The molecule has 4 aromatic rings. The van der Waals surface area contributed by atoms with Crippen LogP contribution >= 0.6 is 35.4 Å². The number of hydrogen-bond acceptors (Lipinski definition) is 7. The van der Waals surface area contributed by atoms with E-state index in [1.807, 2.05) is 24.3 Å². The van der Waals surface area contributed by atoms with Crippen molar-refractivity contribution in [2.45, 2.75) is 19.3 Å². The molecule has 4 rings (SSSR count). The lowest BCUT2D eigenvalue weighted by molar-refractivity contribution is -0.137. The normalized spacial score (nSPS) is 11.0. The Balaban J connectivity index is 1.42. The van der Waals surface area contributed by atoms with E-state index in [4.69, 9.17) is 35.4 Å². The Hall–Kier alpha value is -3.87. The van der Waals surface area contributed by atoms with Crippen LogP contribution in [0.1, 0.15) is 16.7 Å². The van der Waals surface area contributed by atoms with E-state index >= 15 is 0 Å². The number of anilines is 4. The third-order valence-electron chi connectivity index (χ3n) is 5.12. The molecule has 0 atom stereocenters. The van der Waals surface area contributed by atoms with Gasteiger partial charge in [-0.2, -0.15) is 28.1 Å². The van der Waals surface area contributed by atoms with E-state index in [-0.39, 0.29) is 23.0 Å². The number of thiocarbonyl (C=S) groups is 1. The van der Waals surface area contributed by atoms with Gasteiger partial charge in [0.05, 0.1) is 5.56 Å². The smallest absolute Gasteiger partial charge is 0.350 e. The van der Waals surface area contributed by atoms with Crippen molar-refractivity contribution in [3.8, 4) is 0 Å². The number of halogens is 5. The van der Waals surface area contributed by atoms with Crippen LogP contribution in [0.25, 0.3) is 0 Å². The Labute approximate surface area is 237 Å². The summed E-state index contributed by atoms with van der Waals surface area (Å²) in [4.78, 5) is 13.1. The van der Waals surface area contributed by atoms with E-state index in [1.165, 1.54) is 12.1 Å². The van der Waals surface area contributed by atoms with Gasteiger partial charge in [0, 0.05) is 28.8 Å². The number of aromatic nitrogens is 3. The minimum absolute atomic E-state index is 0.0847. The highest BCUT2D eigenvalue weighted by atomic mass is 35.5. The average Bonchev–Trinajstić information content (AvgIpc) is 2.91. The van der Waals surface area contributed by atoms with Crippen molar-refractivity contribution in [1.82, 2.24) is 20.4 Å². The zero-order chi connectivity index (χ0) is 27.8. The number of hydrazine groups is 1. The second kappa shape index (κ2) is 12.8. The van der Waals surface area contributed by atoms with E-state index < -0.39 is 11.7 Å². The zero-order valence-corrected chi connectivity index (χ0v) is 22.3. The summed E-state index contributed by atoms with van der Waals surface area (Å²) in [6, 6.07) is 19.1. The summed E-state index contributed by atoms with van der Waals surface area (Å²) in [5, 5.41) is 10.4. The van der Waals surface area contributed by atoms with Crippen LogP contribution in [0.2, 0.25) is 10.0 Å². The van der Waals surface area contributed by atoms with Crippen LogP contribution in [0.15, 0.2) is 72.8 Å². The monoisotopic (exact) mass is 592 g/mol. The van der Waals surface area contributed by atoms with Crippen LogP contribution in [0, 0.1) is 0 Å². The number of hydrogen-bond donors (Lipinski definition) is 5. The molecule has 0 aliphatic carbocycles. The van der Waals surface area contributed by atoms with Crippen LogP contribution < -0.4 is 26.8 Å². The van der Waals surface area contributed by atoms with Crippen molar-refractivity contribution >= 4 is 64.1 Å². The lowest BCUT2D eigenvalue weighted by Gasteiger charge is -2.14. The summed E-state index contributed by atoms with van der Waals surface area (Å²) in [5.41, 5.74) is 7.04. The van der Waals surface area contributed by atoms with Gasteiger partial charge >= 0.3 is 6.18 Å². The van der Waals surface area contributed by atoms with Gasteiger partial charge in [0.15, 0.2) is 5.11 Å². The fraction of sp³-hybridized carbons (Fsp3) is 0.120. The summed E-state index contributed by atoms with van der Waals surface area (Å²) < 4.78 is 38.3. The number of nitrogens with one attached hydrogen (secondary N) is 5. The first-order chi connectivity index (χ1) is 18.6. The molecule has 8 nitrogen and oxygen atoms in total. The first-order valence-electron chi connectivity index (χ1n) is 11.4. The Bertz CT molecular complexity index is 1340. The lowest BCUT2D eigenvalue weighted by atomic mass is 10.2. The van der Waals surface area contributed by atoms with E-state index in [0.717, 1.165) is 23.3 Å². The number of alkyl halides is 3. The fourth-order valence-corrected chi connectivity index (χ4v) is 3.60. The van der Waals surface area contributed by atoms with Gasteiger partial charge < -0.3 is 16.0 Å². The quantitative estimate of drug-likeness (QED) is 0.107. The highest BCUT2D eigenvalue weighted by Crippen LogP contribution is 2.29. The van der Waals surface area contributed by atoms with Gasteiger partial charge in [-0.05, 0) is 71.9 Å². The maximum atomic E-state index is 12.8. The molecule has 0 saturated heterocycles. The van der Waals surface area contributed by atoms with Crippen LogP contribution in [0.3, 0.4) is 0 Å². The van der Waals surface area contributed by atoms with E-state index in [9.17, 15) is 13.2 Å². The number of nitrogens with zero attached hydrogens (tertiary/aromatic N) is 3. The van der Waals surface area contributed by atoms with Crippen LogP contribution in [0.5, 0.6) is 0 Å². The fourth-order valence-electron chi connectivity index (χ4n) is 3.17. The standard InChI is InChI=1S/C25H21Cl2F3N8S/c26-18-7-1-15(2-8-18)13-31-21-34-22(32-14-16-3-9-19(27)10-4-16)36-23(35-21)37-38-24(39)33-20-11-5-17(6-12-20)25(28,29)30/h1-12H,13-14H2,(H2,33,38,39)(H3,31,32,34,35,36,37). The third-order valence-corrected chi connectivity index (χ3v) is 5.83. The predicted molar refractivity (Wildman–Crippen MR) is 152 cm³/mol. The van der Waals surface area contributed by atoms with Crippen molar-refractivity contribution < 1.29 is 13.2 Å². The molecule has 1 heterocycles.